The Bertz CT molecular complexity index is 2460. The smallest absolute Gasteiger partial charge is 0.136 e. The largest absolute Gasteiger partial charge is 0.510 e. The van der Waals surface area contributed by atoms with Gasteiger partial charge in [-0.2, -0.15) is 48.6 Å². The van der Waals surface area contributed by atoms with Gasteiger partial charge in [-0.15, -0.1) is 22.7 Å². The van der Waals surface area contributed by atoms with Crippen molar-refractivity contribution in [3.63, 3.8) is 0 Å². The molecule has 268 valence electrons. The second kappa shape index (κ2) is 12.6. The third kappa shape index (κ3) is 5.48. The molecule has 0 bridgehead atoms. The van der Waals surface area contributed by atoms with E-state index >= 15 is 0 Å². The SMILES string of the molecule is CN1C=CN(c2[c-]c(C3(c4cc(C(C)(C)C)cc(-n5c6[c-]cccc6c6ccccc65)n4)c4ccccc4-c4ccccc43)cc(C(C)(C)C)c2)[CH-]1.[Pt]. The molecule has 0 spiro atoms. The molecule has 0 amide bonds. The second-order valence-electron chi connectivity index (χ2n) is 16.4. The van der Waals surface area contributed by atoms with E-state index in [1.807, 2.05) is 6.07 Å². The summed E-state index contributed by atoms with van der Waals surface area (Å²) < 4.78 is 2.31. The van der Waals surface area contributed by atoms with Crippen LogP contribution in [0.1, 0.15) is 75.1 Å². The van der Waals surface area contributed by atoms with E-state index in [9.17, 15) is 0 Å². The van der Waals surface area contributed by atoms with Gasteiger partial charge in [0.1, 0.15) is 5.82 Å². The molecule has 5 aromatic carbocycles. The Labute approximate surface area is 328 Å². The molecule has 0 fully saturated rings. The predicted molar refractivity (Wildman–Crippen MR) is 215 cm³/mol. The molecule has 0 N–H and O–H groups in total. The fourth-order valence-corrected chi connectivity index (χ4v) is 8.20. The van der Waals surface area contributed by atoms with Gasteiger partial charge in [-0.1, -0.05) is 114 Å². The molecule has 0 atom stereocenters. The summed E-state index contributed by atoms with van der Waals surface area (Å²) in [5, 5.41) is 2.37. The average Bonchev–Trinajstić information content (AvgIpc) is 3.81. The van der Waals surface area contributed by atoms with Crippen LogP contribution in [-0.4, -0.2) is 21.5 Å². The molecule has 2 aromatic heterocycles. The quantitative estimate of drug-likeness (QED) is 0.165. The van der Waals surface area contributed by atoms with Crippen molar-refractivity contribution in [1.82, 2.24) is 14.5 Å². The molecule has 0 saturated heterocycles. The Balaban J connectivity index is 0.00000400. The fraction of sp³-hybridized carbons (Fsp3) is 0.208. The number of hydrogen-bond donors (Lipinski definition) is 0. The minimum Gasteiger partial charge on any atom is -0.510 e. The van der Waals surface area contributed by atoms with Crippen molar-refractivity contribution < 1.29 is 21.1 Å². The van der Waals surface area contributed by atoms with Crippen molar-refractivity contribution in [2.45, 2.75) is 57.8 Å². The summed E-state index contributed by atoms with van der Waals surface area (Å²) in [6.45, 7) is 15.9. The van der Waals surface area contributed by atoms with Gasteiger partial charge in [0.15, 0.2) is 0 Å². The zero-order chi connectivity index (χ0) is 36.0. The summed E-state index contributed by atoms with van der Waals surface area (Å²) >= 11 is 0. The Morgan fingerprint density at radius 1 is 0.679 bits per heavy atom. The van der Waals surface area contributed by atoms with E-state index in [1.54, 1.807) is 0 Å². The molecule has 1 aliphatic carbocycles. The fourth-order valence-electron chi connectivity index (χ4n) is 8.20. The Hall–Kier alpha value is -4.92. The summed E-state index contributed by atoms with van der Waals surface area (Å²) in [4.78, 5) is 10.1. The van der Waals surface area contributed by atoms with Crippen molar-refractivity contribution in [3.05, 3.63) is 180 Å². The number of anilines is 1. The van der Waals surface area contributed by atoms with Crippen molar-refractivity contribution in [3.8, 4) is 16.9 Å². The molecule has 53 heavy (non-hydrogen) atoms. The molecule has 0 saturated carbocycles. The zero-order valence-corrected chi connectivity index (χ0v) is 33.6. The van der Waals surface area contributed by atoms with Gasteiger partial charge in [-0.25, -0.2) is 4.98 Å². The zero-order valence-electron chi connectivity index (χ0n) is 31.3. The average molecular weight is 871 g/mol. The number of pyridine rings is 1. The summed E-state index contributed by atoms with van der Waals surface area (Å²) in [6.07, 6.45) is 4.19. The second-order valence-corrected chi connectivity index (χ2v) is 16.4. The molecule has 0 radical (unpaired) electrons. The van der Waals surface area contributed by atoms with E-state index in [0.717, 1.165) is 33.8 Å². The first-order chi connectivity index (χ1) is 24.9. The van der Waals surface area contributed by atoms with Crippen LogP contribution in [0.2, 0.25) is 0 Å². The van der Waals surface area contributed by atoms with E-state index in [0.29, 0.717) is 0 Å². The van der Waals surface area contributed by atoms with Gasteiger partial charge in [-0.05, 0) is 81.7 Å². The van der Waals surface area contributed by atoms with Crippen LogP contribution >= 0.6 is 0 Å². The van der Waals surface area contributed by atoms with Crippen molar-refractivity contribution in [2.75, 3.05) is 11.9 Å². The number of fused-ring (bicyclic) bond motifs is 6. The Morgan fingerprint density at radius 2 is 1.30 bits per heavy atom. The van der Waals surface area contributed by atoms with Crippen LogP contribution in [-0.2, 0) is 37.3 Å². The van der Waals surface area contributed by atoms with Crippen molar-refractivity contribution in [2.24, 2.45) is 0 Å². The molecular formula is C48H43N4Pt-3. The van der Waals surface area contributed by atoms with Crippen LogP contribution in [0.5, 0.6) is 0 Å². The number of rotatable bonds is 4. The summed E-state index contributed by atoms with van der Waals surface area (Å²) in [5.74, 6) is 0.891. The van der Waals surface area contributed by atoms with Gasteiger partial charge >= 0.3 is 0 Å². The summed E-state index contributed by atoms with van der Waals surface area (Å²) in [5.41, 5.74) is 11.6. The first-order valence-electron chi connectivity index (χ1n) is 18.2. The number of hydrogen-bond acceptors (Lipinski definition) is 3. The van der Waals surface area contributed by atoms with Gasteiger partial charge in [-0.3, -0.25) is 0 Å². The van der Waals surface area contributed by atoms with Crippen LogP contribution in [0.15, 0.2) is 128 Å². The standard InChI is InChI=1S/C48H43N4.Pt/c1-46(2,3)32-26-34(28-35(27-32)51-25-24-50(7)31-51)48(40-20-12-8-16-36(40)37-17-9-13-21-41(37)48)44-29-33(47(4,5)6)30-45(49-44)52-42-22-14-10-18-38(42)39-19-11-15-23-43(39)52;/h8-22,24-27,29-31H,1-7H3;/q-3;. The molecule has 0 unspecified atom stereocenters. The van der Waals surface area contributed by atoms with Gasteiger partial charge in [0.2, 0.25) is 0 Å². The first-order valence-corrected chi connectivity index (χ1v) is 18.2. The first kappa shape index (κ1) is 35.1. The third-order valence-electron chi connectivity index (χ3n) is 10.9. The molecular weight excluding hydrogens is 828 g/mol. The van der Waals surface area contributed by atoms with E-state index in [4.69, 9.17) is 4.98 Å². The molecule has 3 heterocycles. The molecule has 1 aliphatic heterocycles. The normalized spacial score (nSPS) is 14.8. The summed E-state index contributed by atoms with van der Waals surface area (Å²) in [7, 11) is 2.06. The van der Waals surface area contributed by atoms with Crippen LogP contribution in [0.4, 0.5) is 5.69 Å². The van der Waals surface area contributed by atoms with E-state index < -0.39 is 5.41 Å². The number of para-hydroxylation sites is 2. The van der Waals surface area contributed by atoms with Crippen molar-refractivity contribution in [1.29, 1.82) is 0 Å². The minimum atomic E-state index is -0.753. The van der Waals surface area contributed by atoms with Gasteiger partial charge in [0.05, 0.1) is 11.1 Å². The Morgan fingerprint density at radius 3 is 1.96 bits per heavy atom. The van der Waals surface area contributed by atoms with Crippen LogP contribution in [0.3, 0.4) is 0 Å². The maximum absolute atomic E-state index is 5.83. The van der Waals surface area contributed by atoms with Crippen molar-refractivity contribution >= 4 is 27.5 Å². The third-order valence-corrected chi connectivity index (χ3v) is 10.9. The van der Waals surface area contributed by atoms with Crippen LogP contribution < -0.4 is 4.90 Å². The maximum Gasteiger partial charge on any atom is 0.136 e. The topological polar surface area (TPSA) is 24.3 Å². The van der Waals surface area contributed by atoms with Gasteiger partial charge in [0.25, 0.3) is 0 Å². The molecule has 4 nitrogen and oxygen atoms in total. The molecule has 7 aromatic rings. The van der Waals surface area contributed by atoms with E-state index in [1.165, 1.54) is 44.2 Å². The predicted octanol–water partition coefficient (Wildman–Crippen LogP) is 11.1. The monoisotopic (exact) mass is 870 g/mol. The van der Waals surface area contributed by atoms with E-state index in [-0.39, 0.29) is 31.9 Å². The number of aromatic nitrogens is 2. The van der Waals surface area contributed by atoms with Gasteiger partial charge < -0.3 is 14.4 Å². The molecule has 2 aliphatic rings. The number of nitrogens with zero attached hydrogens (tertiary/aromatic N) is 4. The summed E-state index contributed by atoms with van der Waals surface area (Å²) in [6, 6.07) is 49.7. The Kier molecular flexibility index (Phi) is 8.35. The minimum absolute atomic E-state index is 0. The van der Waals surface area contributed by atoms with Crippen LogP contribution in [0, 0.1) is 18.8 Å². The van der Waals surface area contributed by atoms with E-state index in [2.05, 4.69) is 203 Å². The molecule has 5 heteroatoms. The number of benzene rings is 5. The maximum atomic E-state index is 5.83. The molecule has 9 rings (SSSR count). The van der Waals surface area contributed by atoms with Crippen LogP contribution in [0.25, 0.3) is 38.8 Å². The van der Waals surface area contributed by atoms with Gasteiger partial charge in [0, 0.05) is 26.6 Å².